The van der Waals surface area contributed by atoms with Crippen molar-refractivity contribution in [1.82, 2.24) is 15.2 Å². The maximum Gasteiger partial charge on any atom is 0.217 e. The summed E-state index contributed by atoms with van der Waals surface area (Å²) in [5.41, 5.74) is 3.74. The van der Waals surface area contributed by atoms with E-state index in [2.05, 4.69) is 27.7 Å². The third kappa shape index (κ3) is 2.30. The largest absolute Gasteiger partial charge is 0.286 e. The smallest absolute Gasteiger partial charge is 0.217 e. The van der Waals surface area contributed by atoms with Gasteiger partial charge < -0.3 is 0 Å². The molecule has 4 nitrogen and oxygen atoms in total. The summed E-state index contributed by atoms with van der Waals surface area (Å²) in [6, 6.07) is 16.3. The lowest BCUT2D eigenvalue weighted by Gasteiger charge is -2.06. The van der Waals surface area contributed by atoms with Crippen LogP contribution < -0.4 is 5.43 Å². The maximum atomic E-state index is 12.2. The van der Waals surface area contributed by atoms with Gasteiger partial charge in [0.25, 0.3) is 0 Å². The lowest BCUT2D eigenvalue weighted by atomic mass is 10.1. The first-order valence-corrected chi connectivity index (χ1v) is 9.41. The van der Waals surface area contributed by atoms with Crippen LogP contribution in [-0.2, 0) is 0 Å². The molecule has 0 saturated carbocycles. The molecule has 120 valence electrons. The molecule has 0 fully saturated rings. The quantitative estimate of drug-likeness (QED) is 0.485. The Morgan fingerprint density at radius 3 is 2.72 bits per heavy atom. The molecule has 1 aromatic carbocycles. The zero-order valence-electron chi connectivity index (χ0n) is 12.9. The van der Waals surface area contributed by atoms with Crippen molar-refractivity contribution in [3.05, 3.63) is 70.3 Å². The predicted molar refractivity (Wildman–Crippen MR) is 104 cm³/mol. The van der Waals surface area contributed by atoms with Crippen molar-refractivity contribution in [2.75, 3.05) is 0 Å². The number of H-pyrrole nitrogens is 1. The van der Waals surface area contributed by atoms with Crippen LogP contribution in [0, 0.1) is 0 Å². The number of thiophene rings is 2. The lowest BCUT2D eigenvalue weighted by Crippen LogP contribution is -1.99. The fourth-order valence-corrected chi connectivity index (χ4v) is 4.78. The van der Waals surface area contributed by atoms with E-state index in [1.54, 1.807) is 11.3 Å². The fourth-order valence-electron chi connectivity index (χ4n) is 2.98. The number of fused-ring (bicyclic) bond motifs is 3. The highest BCUT2D eigenvalue weighted by molar-refractivity contribution is 7.25. The average molecular weight is 361 g/mol. The molecule has 5 rings (SSSR count). The standard InChI is InChI=1S/C19H11N3OS2/c23-14-10-20-22-17-16-12(15-7-4-8-24-15)9-13(11-5-2-1-3-6-11)21-19(16)25-18(14)17/h1-10H,(H,22,23). The van der Waals surface area contributed by atoms with Crippen LogP contribution in [0.15, 0.2) is 64.9 Å². The van der Waals surface area contributed by atoms with Crippen LogP contribution in [-0.4, -0.2) is 15.2 Å². The van der Waals surface area contributed by atoms with Crippen molar-refractivity contribution in [2.24, 2.45) is 0 Å². The Hall–Kier alpha value is -2.83. The molecular weight excluding hydrogens is 350 g/mol. The van der Waals surface area contributed by atoms with Crippen LogP contribution in [0.2, 0.25) is 0 Å². The second kappa shape index (κ2) is 5.61. The number of hydrogen-bond acceptors (Lipinski definition) is 5. The second-order valence-corrected chi connectivity index (χ2v) is 7.57. The molecule has 1 N–H and O–H groups in total. The summed E-state index contributed by atoms with van der Waals surface area (Å²) in [5, 5.41) is 10.0. The maximum absolute atomic E-state index is 12.2. The number of aromatic nitrogens is 3. The first-order valence-electron chi connectivity index (χ1n) is 7.71. The van der Waals surface area contributed by atoms with Gasteiger partial charge in [0.15, 0.2) is 0 Å². The molecule has 0 aliphatic rings. The van der Waals surface area contributed by atoms with Gasteiger partial charge in [-0.15, -0.1) is 22.7 Å². The van der Waals surface area contributed by atoms with E-state index in [9.17, 15) is 4.79 Å². The first-order chi connectivity index (χ1) is 12.3. The van der Waals surface area contributed by atoms with Gasteiger partial charge in [0.05, 0.1) is 17.4 Å². The summed E-state index contributed by atoms with van der Waals surface area (Å²) < 4.78 is 0.667. The molecule has 0 unspecified atom stereocenters. The minimum absolute atomic E-state index is 0.0739. The summed E-state index contributed by atoms with van der Waals surface area (Å²) in [6.07, 6.45) is 1.32. The van der Waals surface area contributed by atoms with Crippen molar-refractivity contribution in [3.8, 4) is 21.7 Å². The Balaban J connectivity index is 1.94. The summed E-state index contributed by atoms with van der Waals surface area (Å²) in [4.78, 5) is 19.0. The second-order valence-electron chi connectivity index (χ2n) is 5.62. The molecule has 5 aromatic rings. The Kier molecular flexibility index (Phi) is 3.26. The zero-order valence-corrected chi connectivity index (χ0v) is 14.5. The van der Waals surface area contributed by atoms with Crippen molar-refractivity contribution in [1.29, 1.82) is 0 Å². The molecule has 0 aliphatic carbocycles. The molecule has 0 saturated heterocycles. The van der Waals surface area contributed by atoms with Gasteiger partial charge in [0.2, 0.25) is 5.43 Å². The van der Waals surface area contributed by atoms with Crippen LogP contribution in [0.1, 0.15) is 0 Å². The molecule has 0 bridgehead atoms. The van der Waals surface area contributed by atoms with Gasteiger partial charge in [0.1, 0.15) is 9.53 Å². The molecule has 6 heteroatoms. The van der Waals surface area contributed by atoms with Crippen LogP contribution in [0.25, 0.3) is 42.1 Å². The number of nitrogens with zero attached hydrogens (tertiary/aromatic N) is 2. The normalized spacial score (nSPS) is 11.4. The third-order valence-electron chi connectivity index (χ3n) is 4.10. The van der Waals surface area contributed by atoms with E-state index in [0.29, 0.717) is 4.70 Å². The minimum Gasteiger partial charge on any atom is -0.286 e. The highest BCUT2D eigenvalue weighted by Crippen LogP contribution is 2.40. The van der Waals surface area contributed by atoms with E-state index >= 15 is 0 Å². The van der Waals surface area contributed by atoms with E-state index in [4.69, 9.17) is 4.98 Å². The van der Waals surface area contributed by atoms with Gasteiger partial charge in [-0.2, -0.15) is 5.10 Å². The van der Waals surface area contributed by atoms with Gasteiger partial charge in [-0.25, -0.2) is 4.98 Å². The molecule has 0 atom stereocenters. The monoisotopic (exact) mass is 361 g/mol. The van der Waals surface area contributed by atoms with Crippen molar-refractivity contribution >= 4 is 43.1 Å². The lowest BCUT2D eigenvalue weighted by molar-refractivity contribution is 1.07. The minimum atomic E-state index is -0.0739. The van der Waals surface area contributed by atoms with E-state index in [1.165, 1.54) is 17.5 Å². The molecule has 0 radical (unpaired) electrons. The number of rotatable bonds is 2. The number of pyridine rings is 1. The third-order valence-corrected chi connectivity index (χ3v) is 6.10. The summed E-state index contributed by atoms with van der Waals surface area (Å²) in [6.45, 7) is 0. The Labute approximate surface area is 150 Å². The Morgan fingerprint density at radius 2 is 1.92 bits per heavy atom. The zero-order chi connectivity index (χ0) is 16.8. The highest BCUT2D eigenvalue weighted by atomic mass is 32.1. The van der Waals surface area contributed by atoms with Gasteiger partial charge in [-0.1, -0.05) is 36.4 Å². The van der Waals surface area contributed by atoms with Gasteiger partial charge in [-0.05, 0) is 17.5 Å². The van der Waals surface area contributed by atoms with Crippen LogP contribution >= 0.6 is 22.7 Å². The van der Waals surface area contributed by atoms with E-state index < -0.39 is 0 Å². The molecular formula is C19H11N3OS2. The van der Waals surface area contributed by atoms with E-state index in [-0.39, 0.29) is 5.43 Å². The number of nitrogens with one attached hydrogen (secondary N) is 1. The number of benzene rings is 1. The van der Waals surface area contributed by atoms with E-state index in [1.807, 2.05) is 36.4 Å². The molecule has 4 aromatic heterocycles. The van der Waals surface area contributed by atoms with Crippen LogP contribution in [0.5, 0.6) is 0 Å². The van der Waals surface area contributed by atoms with Crippen molar-refractivity contribution < 1.29 is 0 Å². The predicted octanol–water partition coefficient (Wildman–Crippen LogP) is 4.93. The van der Waals surface area contributed by atoms with Gasteiger partial charge in [0, 0.05) is 21.4 Å². The van der Waals surface area contributed by atoms with Crippen molar-refractivity contribution in [2.45, 2.75) is 0 Å². The van der Waals surface area contributed by atoms with Crippen LogP contribution in [0.3, 0.4) is 0 Å². The molecule has 4 heterocycles. The fraction of sp³-hybridized carbons (Fsp3) is 0. The SMILES string of the molecule is O=c1cn[nH]c2c1sc1nc(-c3ccccc3)cc(-c3cccs3)c12. The molecule has 25 heavy (non-hydrogen) atoms. The number of hydrogen-bond donors (Lipinski definition) is 1. The number of aromatic amines is 1. The highest BCUT2D eigenvalue weighted by Gasteiger charge is 2.17. The van der Waals surface area contributed by atoms with E-state index in [0.717, 1.165) is 37.4 Å². The van der Waals surface area contributed by atoms with Crippen molar-refractivity contribution in [3.63, 3.8) is 0 Å². The van der Waals surface area contributed by atoms with Gasteiger partial charge in [-0.3, -0.25) is 9.89 Å². The van der Waals surface area contributed by atoms with Gasteiger partial charge >= 0.3 is 0 Å². The average Bonchev–Trinajstić information content (AvgIpc) is 3.30. The summed E-state index contributed by atoms with van der Waals surface area (Å²) in [7, 11) is 0. The summed E-state index contributed by atoms with van der Waals surface area (Å²) >= 11 is 3.09. The first kappa shape index (κ1) is 14.5. The molecule has 0 spiro atoms. The Bertz CT molecular complexity index is 1250. The molecule has 0 aliphatic heterocycles. The van der Waals surface area contributed by atoms with Crippen LogP contribution in [0.4, 0.5) is 0 Å². The Morgan fingerprint density at radius 1 is 1.04 bits per heavy atom. The topological polar surface area (TPSA) is 58.6 Å². The molecule has 0 amide bonds. The summed E-state index contributed by atoms with van der Waals surface area (Å²) in [5.74, 6) is 0.